The van der Waals surface area contributed by atoms with Gasteiger partial charge in [-0.1, -0.05) is 11.2 Å². The second kappa shape index (κ2) is 6.33. The van der Waals surface area contributed by atoms with E-state index < -0.39 is 0 Å². The van der Waals surface area contributed by atoms with Gasteiger partial charge in [-0.3, -0.25) is 4.79 Å². The number of rotatable bonds is 4. The molecule has 1 aliphatic rings. The van der Waals surface area contributed by atoms with E-state index in [9.17, 15) is 4.79 Å². The number of nitrogens with one attached hydrogen (secondary N) is 2. The monoisotopic (exact) mass is 342 g/mol. The van der Waals surface area contributed by atoms with Gasteiger partial charge in [-0.25, -0.2) is 4.98 Å². The first-order valence-corrected chi connectivity index (χ1v) is 8.91. The maximum Gasteiger partial charge on any atom is 0.259 e. The van der Waals surface area contributed by atoms with Crippen molar-refractivity contribution in [3.63, 3.8) is 0 Å². The maximum atomic E-state index is 12.7. The van der Waals surface area contributed by atoms with Crippen LogP contribution in [-0.2, 0) is 6.54 Å². The van der Waals surface area contributed by atoms with Crippen molar-refractivity contribution >= 4 is 28.3 Å². The number of nitrogens with zero attached hydrogens (tertiary/aromatic N) is 2. The number of carbonyl (C=O) groups excluding carboxylic acids is 1. The van der Waals surface area contributed by atoms with Gasteiger partial charge in [0, 0.05) is 10.6 Å². The van der Waals surface area contributed by atoms with E-state index in [0.29, 0.717) is 17.8 Å². The van der Waals surface area contributed by atoms with Crippen LogP contribution in [0.3, 0.4) is 0 Å². The molecule has 4 rings (SSSR count). The van der Waals surface area contributed by atoms with E-state index >= 15 is 0 Å². The summed E-state index contributed by atoms with van der Waals surface area (Å²) >= 11 is 1.62. The largest absolute Gasteiger partial charge is 0.347 e. The third kappa shape index (κ3) is 2.81. The first kappa shape index (κ1) is 15.3. The van der Waals surface area contributed by atoms with Gasteiger partial charge in [0.2, 0.25) is 0 Å². The van der Waals surface area contributed by atoms with Crippen LogP contribution in [0.4, 0.5) is 0 Å². The molecule has 24 heavy (non-hydrogen) atoms. The number of hydrogen-bond donors (Lipinski definition) is 2. The number of amides is 1. The summed E-state index contributed by atoms with van der Waals surface area (Å²) in [6.07, 6.45) is 2.09. The summed E-state index contributed by atoms with van der Waals surface area (Å²) in [5.41, 5.74) is 2.54. The van der Waals surface area contributed by atoms with Crippen molar-refractivity contribution in [2.24, 2.45) is 0 Å². The molecule has 1 atom stereocenters. The number of carbonyl (C=O) groups is 1. The second-order valence-electron chi connectivity index (χ2n) is 5.97. The zero-order valence-corrected chi connectivity index (χ0v) is 14.2. The highest BCUT2D eigenvalue weighted by Gasteiger charge is 2.26. The number of fused-ring (bicyclic) bond motifs is 1. The molecule has 0 radical (unpaired) electrons. The van der Waals surface area contributed by atoms with Gasteiger partial charge in [-0.2, -0.15) is 0 Å². The molecular weight excluding hydrogens is 324 g/mol. The molecule has 3 aromatic heterocycles. The normalized spacial score (nSPS) is 17.5. The first-order chi connectivity index (χ1) is 11.7. The average molecular weight is 342 g/mol. The van der Waals surface area contributed by atoms with E-state index in [2.05, 4.69) is 20.8 Å². The molecule has 1 saturated heterocycles. The van der Waals surface area contributed by atoms with E-state index in [-0.39, 0.29) is 11.9 Å². The molecule has 3 aromatic rings. The second-order valence-corrected chi connectivity index (χ2v) is 7.00. The van der Waals surface area contributed by atoms with Crippen molar-refractivity contribution in [2.75, 3.05) is 6.54 Å². The predicted molar refractivity (Wildman–Crippen MR) is 92.0 cm³/mol. The molecule has 2 N–H and O–H groups in total. The quantitative estimate of drug-likeness (QED) is 0.762. The van der Waals surface area contributed by atoms with Gasteiger partial charge in [-0.05, 0) is 43.8 Å². The highest BCUT2D eigenvalue weighted by atomic mass is 32.1. The maximum absolute atomic E-state index is 12.7. The molecule has 0 saturated carbocycles. The van der Waals surface area contributed by atoms with Gasteiger partial charge < -0.3 is 15.2 Å². The van der Waals surface area contributed by atoms with Gasteiger partial charge in [0.25, 0.3) is 11.6 Å². The Labute approximate surface area is 143 Å². The number of hydrogen-bond acceptors (Lipinski definition) is 6. The van der Waals surface area contributed by atoms with Crippen molar-refractivity contribution < 1.29 is 9.32 Å². The van der Waals surface area contributed by atoms with E-state index in [1.165, 1.54) is 0 Å². The Bertz CT molecular complexity index is 866. The molecule has 1 aliphatic heterocycles. The Kier molecular flexibility index (Phi) is 4.03. The summed E-state index contributed by atoms with van der Waals surface area (Å²) < 4.78 is 5.40. The molecule has 1 unspecified atom stereocenters. The molecule has 0 aromatic carbocycles. The lowest BCUT2D eigenvalue weighted by molar-refractivity contribution is 0.0952. The molecule has 0 bridgehead atoms. The molecule has 7 heteroatoms. The zero-order valence-electron chi connectivity index (χ0n) is 13.3. The summed E-state index contributed by atoms with van der Waals surface area (Å²) in [5, 5.41) is 13.3. The minimum absolute atomic E-state index is 0.124. The van der Waals surface area contributed by atoms with E-state index in [4.69, 9.17) is 4.52 Å². The Morgan fingerprint density at radius 2 is 2.46 bits per heavy atom. The molecule has 4 heterocycles. The number of aryl methyl sites for hydroxylation is 1. The lowest BCUT2D eigenvalue weighted by Gasteiger charge is -2.09. The fourth-order valence-electron chi connectivity index (χ4n) is 3.11. The van der Waals surface area contributed by atoms with E-state index in [0.717, 1.165) is 41.0 Å². The molecular formula is C17H18N4O2S. The Morgan fingerprint density at radius 1 is 1.54 bits per heavy atom. The highest BCUT2D eigenvalue weighted by molar-refractivity contribution is 7.09. The van der Waals surface area contributed by atoms with Crippen LogP contribution in [0.1, 0.15) is 45.5 Å². The van der Waals surface area contributed by atoms with Crippen LogP contribution in [0.2, 0.25) is 0 Å². The van der Waals surface area contributed by atoms with Crippen molar-refractivity contribution in [3.05, 3.63) is 45.4 Å². The number of thiophene rings is 1. The third-order valence-corrected chi connectivity index (χ3v) is 5.12. The van der Waals surface area contributed by atoms with Crippen LogP contribution in [0, 0.1) is 6.92 Å². The molecule has 6 nitrogen and oxygen atoms in total. The van der Waals surface area contributed by atoms with Crippen molar-refractivity contribution in [3.8, 4) is 0 Å². The van der Waals surface area contributed by atoms with Crippen LogP contribution in [0.25, 0.3) is 11.1 Å². The van der Waals surface area contributed by atoms with Gasteiger partial charge in [0.05, 0.1) is 23.5 Å². The number of pyridine rings is 1. The van der Waals surface area contributed by atoms with Crippen molar-refractivity contribution in [1.29, 1.82) is 0 Å². The number of aromatic nitrogens is 2. The summed E-state index contributed by atoms with van der Waals surface area (Å²) in [5.74, 6) is -0.124. The summed E-state index contributed by atoms with van der Waals surface area (Å²) in [6, 6.07) is 5.91. The summed E-state index contributed by atoms with van der Waals surface area (Å²) in [6.45, 7) is 3.32. The van der Waals surface area contributed by atoms with Crippen LogP contribution in [0.15, 0.2) is 28.1 Å². The van der Waals surface area contributed by atoms with Gasteiger partial charge >= 0.3 is 0 Å². The zero-order chi connectivity index (χ0) is 16.5. The average Bonchev–Trinajstić information content (AvgIpc) is 3.31. The summed E-state index contributed by atoms with van der Waals surface area (Å²) in [4.78, 5) is 18.3. The standard InChI is InChI=1S/C17H18N4O2S/c1-10-8-12(16(22)19-9-11-4-3-7-24-11)14-15(13-5-2-6-18-13)21-23-17(14)20-10/h3-4,7-8,13,18H,2,5-6,9H2,1H3,(H,19,22). The Hall–Kier alpha value is -2.25. The van der Waals surface area contributed by atoms with Crippen LogP contribution >= 0.6 is 11.3 Å². The van der Waals surface area contributed by atoms with Crippen LogP contribution < -0.4 is 10.6 Å². The van der Waals surface area contributed by atoms with Crippen LogP contribution in [-0.4, -0.2) is 22.6 Å². The van der Waals surface area contributed by atoms with Gasteiger partial charge in [-0.15, -0.1) is 11.3 Å². The SMILES string of the molecule is Cc1cc(C(=O)NCc2cccs2)c2c(C3CCCN3)noc2n1. The molecule has 124 valence electrons. The Balaban J connectivity index is 1.69. The minimum Gasteiger partial charge on any atom is -0.347 e. The minimum atomic E-state index is -0.124. The van der Waals surface area contributed by atoms with E-state index in [1.807, 2.05) is 30.5 Å². The van der Waals surface area contributed by atoms with Crippen LogP contribution in [0.5, 0.6) is 0 Å². The topological polar surface area (TPSA) is 80.0 Å². The van der Waals surface area contributed by atoms with Crippen molar-refractivity contribution in [1.82, 2.24) is 20.8 Å². The Morgan fingerprint density at radius 3 is 3.21 bits per heavy atom. The summed E-state index contributed by atoms with van der Waals surface area (Å²) in [7, 11) is 0. The molecule has 1 fully saturated rings. The third-order valence-electron chi connectivity index (χ3n) is 4.24. The fourth-order valence-corrected chi connectivity index (χ4v) is 3.75. The highest BCUT2D eigenvalue weighted by Crippen LogP contribution is 2.31. The molecule has 0 aliphatic carbocycles. The van der Waals surface area contributed by atoms with E-state index in [1.54, 1.807) is 11.3 Å². The lowest BCUT2D eigenvalue weighted by Crippen LogP contribution is -2.23. The van der Waals surface area contributed by atoms with Gasteiger partial charge in [0.1, 0.15) is 5.69 Å². The first-order valence-electron chi connectivity index (χ1n) is 8.03. The fraction of sp³-hybridized carbons (Fsp3) is 0.353. The smallest absolute Gasteiger partial charge is 0.259 e. The van der Waals surface area contributed by atoms with Crippen molar-refractivity contribution in [2.45, 2.75) is 32.4 Å². The van der Waals surface area contributed by atoms with Gasteiger partial charge in [0.15, 0.2) is 0 Å². The predicted octanol–water partition coefficient (Wildman–Crippen LogP) is 2.95. The molecule has 1 amide bonds. The molecule has 0 spiro atoms. The lowest BCUT2D eigenvalue weighted by atomic mass is 10.0.